The Labute approximate surface area is 83.6 Å². The van der Waals surface area contributed by atoms with E-state index in [2.05, 4.69) is 4.74 Å². The van der Waals surface area contributed by atoms with E-state index in [1.165, 1.54) is 6.92 Å². The van der Waals surface area contributed by atoms with Crippen LogP contribution in [0.15, 0.2) is 0 Å². The molecule has 2 unspecified atom stereocenters. The second-order valence-corrected chi connectivity index (χ2v) is 4.22. The standard InChI is InChI=1S/C8H15O5P/c1-4-5-12-14(11)8(6(2)9)13-7(3)10/h8,14H,4-5H2,1-3H3. The van der Waals surface area contributed by atoms with Crippen molar-refractivity contribution in [1.29, 1.82) is 0 Å². The highest BCUT2D eigenvalue weighted by Crippen LogP contribution is 2.31. The number of esters is 1. The number of carbonyl (C=O) groups excluding carboxylic acids is 2. The summed E-state index contributed by atoms with van der Waals surface area (Å²) in [5.74, 6) is -2.33. The van der Waals surface area contributed by atoms with Crippen molar-refractivity contribution >= 4 is 19.8 Å². The van der Waals surface area contributed by atoms with E-state index < -0.39 is 25.6 Å². The molecule has 0 aromatic rings. The SMILES string of the molecule is CCCO[PH](=O)C(OC(C)=O)C(C)=O. The molecular weight excluding hydrogens is 207 g/mol. The van der Waals surface area contributed by atoms with E-state index >= 15 is 0 Å². The molecule has 0 amide bonds. The lowest BCUT2D eigenvalue weighted by Crippen LogP contribution is -2.21. The van der Waals surface area contributed by atoms with Crippen molar-refractivity contribution in [3.05, 3.63) is 0 Å². The minimum atomic E-state index is -2.63. The maximum absolute atomic E-state index is 11.3. The summed E-state index contributed by atoms with van der Waals surface area (Å²) in [6.45, 7) is 4.52. The zero-order valence-electron chi connectivity index (χ0n) is 8.53. The third-order valence-electron chi connectivity index (χ3n) is 1.32. The maximum Gasteiger partial charge on any atom is 0.303 e. The molecule has 0 aromatic heterocycles. The molecule has 0 bridgehead atoms. The predicted molar refractivity (Wildman–Crippen MR) is 51.5 cm³/mol. The molecule has 6 heteroatoms. The molecule has 0 fully saturated rings. The normalized spacial score (nSPS) is 14.5. The number of ketones is 1. The molecule has 0 N–H and O–H groups in total. The molecule has 0 rings (SSSR count). The number of rotatable bonds is 6. The van der Waals surface area contributed by atoms with Crippen LogP contribution in [-0.2, 0) is 23.4 Å². The van der Waals surface area contributed by atoms with Gasteiger partial charge in [-0.15, -0.1) is 0 Å². The van der Waals surface area contributed by atoms with E-state index in [9.17, 15) is 14.2 Å². The molecule has 2 atom stereocenters. The van der Waals surface area contributed by atoms with Crippen molar-refractivity contribution in [2.75, 3.05) is 6.61 Å². The van der Waals surface area contributed by atoms with Gasteiger partial charge in [0.2, 0.25) is 13.9 Å². The number of carbonyl (C=O) groups is 2. The van der Waals surface area contributed by atoms with Crippen molar-refractivity contribution in [1.82, 2.24) is 0 Å². The van der Waals surface area contributed by atoms with E-state index in [0.717, 1.165) is 6.92 Å². The first-order chi connectivity index (χ1) is 6.49. The zero-order valence-corrected chi connectivity index (χ0v) is 9.53. The summed E-state index contributed by atoms with van der Waals surface area (Å²) in [4.78, 5) is 21.5. The summed E-state index contributed by atoms with van der Waals surface area (Å²) in [5, 5.41) is 0. The molecule has 82 valence electrons. The first kappa shape index (κ1) is 13.3. The van der Waals surface area contributed by atoms with Gasteiger partial charge < -0.3 is 9.26 Å². The Morgan fingerprint density at radius 1 is 1.36 bits per heavy atom. The van der Waals surface area contributed by atoms with E-state index in [-0.39, 0.29) is 0 Å². The van der Waals surface area contributed by atoms with Gasteiger partial charge in [-0.25, -0.2) is 0 Å². The average molecular weight is 222 g/mol. The molecule has 0 aliphatic rings. The lowest BCUT2D eigenvalue weighted by Gasteiger charge is -2.13. The van der Waals surface area contributed by atoms with Crippen LogP contribution in [0.4, 0.5) is 0 Å². The monoisotopic (exact) mass is 222 g/mol. The number of hydrogen-bond donors (Lipinski definition) is 0. The molecule has 0 saturated carbocycles. The van der Waals surface area contributed by atoms with Gasteiger partial charge >= 0.3 is 5.97 Å². The van der Waals surface area contributed by atoms with Crippen LogP contribution in [0.25, 0.3) is 0 Å². The third kappa shape index (κ3) is 5.14. The summed E-state index contributed by atoms with van der Waals surface area (Å²) >= 11 is 0. The molecule has 0 radical (unpaired) electrons. The second-order valence-electron chi connectivity index (χ2n) is 2.77. The van der Waals surface area contributed by atoms with Gasteiger partial charge in [-0.3, -0.25) is 14.2 Å². The Morgan fingerprint density at radius 3 is 2.29 bits per heavy atom. The molecule has 0 saturated heterocycles. The van der Waals surface area contributed by atoms with Crippen molar-refractivity contribution in [2.24, 2.45) is 0 Å². The minimum Gasteiger partial charge on any atom is -0.444 e. The third-order valence-corrected chi connectivity index (χ3v) is 2.76. The van der Waals surface area contributed by atoms with Crippen molar-refractivity contribution < 1.29 is 23.4 Å². The van der Waals surface area contributed by atoms with Crippen molar-refractivity contribution in [3.63, 3.8) is 0 Å². The van der Waals surface area contributed by atoms with Gasteiger partial charge in [0.15, 0.2) is 5.78 Å². The van der Waals surface area contributed by atoms with Crippen LogP contribution in [0.3, 0.4) is 0 Å². The van der Waals surface area contributed by atoms with Crippen LogP contribution in [0.5, 0.6) is 0 Å². The van der Waals surface area contributed by atoms with Gasteiger partial charge in [-0.2, -0.15) is 0 Å². The minimum absolute atomic E-state index is 0.294. The molecule has 0 heterocycles. The topological polar surface area (TPSA) is 69.7 Å². The van der Waals surface area contributed by atoms with Gasteiger partial charge in [0.1, 0.15) is 0 Å². The number of hydrogen-bond acceptors (Lipinski definition) is 5. The first-order valence-electron chi connectivity index (χ1n) is 4.33. The summed E-state index contributed by atoms with van der Waals surface area (Å²) in [5.41, 5.74) is 0. The lowest BCUT2D eigenvalue weighted by molar-refractivity contribution is -0.148. The highest BCUT2D eigenvalue weighted by molar-refractivity contribution is 7.41. The van der Waals surface area contributed by atoms with Gasteiger partial charge in [0.25, 0.3) is 0 Å². The first-order valence-corrected chi connectivity index (χ1v) is 5.72. The van der Waals surface area contributed by atoms with Gasteiger partial charge in [0.05, 0.1) is 6.61 Å². The lowest BCUT2D eigenvalue weighted by atomic mass is 10.5. The van der Waals surface area contributed by atoms with E-state index in [1.807, 2.05) is 6.92 Å². The fraction of sp³-hybridized carbons (Fsp3) is 0.750. The molecule has 0 aliphatic carbocycles. The highest BCUT2D eigenvalue weighted by Gasteiger charge is 2.24. The summed E-state index contributed by atoms with van der Waals surface area (Å²) in [7, 11) is -2.63. The zero-order chi connectivity index (χ0) is 11.1. The average Bonchev–Trinajstić information content (AvgIpc) is 2.09. The highest BCUT2D eigenvalue weighted by atomic mass is 31.1. The Morgan fingerprint density at radius 2 is 1.93 bits per heavy atom. The van der Waals surface area contributed by atoms with E-state index in [4.69, 9.17) is 4.52 Å². The second kappa shape index (κ2) is 6.74. The van der Waals surface area contributed by atoms with Gasteiger partial charge in [0, 0.05) is 6.92 Å². The maximum atomic E-state index is 11.3. The number of ether oxygens (including phenoxy) is 1. The largest absolute Gasteiger partial charge is 0.444 e. The Balaban J connectivity index is 4.26. The van der Waals surface area contributed by atoms with Crippen molar-refractivity contribution in [2.45, 2.75) is 33.0 Å². The van der Waals surface area contributed by atoms with Crippen LogP contribution in [0.2, 0.25) is 0 Å². The van der Waals surface area contributed by atoms with Gasteiger partial charge in [-0.05, 0) is 13.3 Å². The molecule has 0 aromatic carbocycles. The summed E-state index contributed by atoms with van der Waals surface area (Å²) in [6.07, 6.45) is 0.696. The molecule has 0 spiro atoms. The molecule has 5 nitrogen and oxygen atoms in total. The Hall–Kier alpha value is -0.670. The van der Waals surface area contributed by atoms with Crippen LogP contribution in [0, 0.1) is 0 Å². The van der Waals surface area contributed by atoms with Crippen LogP contribution in [-0.4, -0.2) is 24.2 Å². The van der Waals surface area contributed by atoms with E-state index in [0.29, 0.717) is 13.0 Å². The Bertz CT molecular complexity index is 238. The number of Topliss-reactive ketones (excluding diaryl/α,β-unsaturated/α-hetero) is 1. The fourth-order valence-corrected chi connectivity index (χ4v) is 1.89. The Kier molecular flexibility index (Phi) is 6.41. The van der Waals surface area contributed by atoms with Crippen molar-refractivity contribution in [3.8, 4) is 0 Å². The molecule has 14 heavy (non-hydrogen) atoms. The quantitative estimate of drug-likeness (QED) is 0.501. The fourth-order valence-electron chi connectivity index (χ4n) is 0.741. The van der Waals surface area contributed by atoms with Crippen LogP contribution < -0.4 is 0 Å². The molecule has 0 aliphatic heterocycles. The van der Waals surface area contributed by atoms with Crippen LogP contribution >= 0.6 is 8.03 Å². The van der Waals surface area contributed by atoms with Crippen LogP contribution in [0.1, 0.15) is 27.2 Å². The summed E-state index contributed by atoms with van der Waals surface area (Å²) < 4.78 is 20.8. The predicted octanol–water partition coefficient (Wildman–Crippen LogP) is 1.37. The van der Waals surface area contributed by atoms with E-state index in [1.54, 1.807) is 0 Å². The summed E-state index contributed by atoms with van der Waals surface area (Å²) in [6, 6.07) is 0. The van der Waals surface area contributed by atoms with Gasteiger partial charge in [-0.1, -0.05) is 6.92 Å². The smallest absolute Gasteiger partial charge is 0.303 e. The molecular formula is C8H15O5P.